The van der Waals surface area contributed by atoms with E-state index in [9.17, 15) is 4.79 Å². The van der Waals surface area contributed by atoms with Crippen molar-refractivity contribution in [3.05, 3.63) is 36.4 Å². The van der Waals surface area contributed by atoms with Gasteiger partial charge in [0, 0.05) is 17.9 Å². The van der Waals surface area contributed by atoms with Crippen LogP contribution in [-0.2, 0) is 4.79 Å². The quantitative estimate of drug-likeness (QED) is 0.527. The van der Waals surface area contributed by atoms with Crippen molar-refractivity contribution in [3.8, 4) is 5.88 Å². The fourth-order valence-corrected chi connectivity index (χ4v) is 2.66. The molecule has 0 unspecified atom stereocenters. The van der Waals surface area contributed by atoms with E-state index < -0.39 is 0 Å². The zero-order valence-corrected chi connectivity index (χ0v) is 14.1. The van der Waals surface area contributed by atoms with Crippen molar-refractivity contribution in [2.24, 2.45) is 0 Å². The zero-order chi connectivity index (χ0) is 16.3. The summed E-state index contributed by atoms with van der Waals surface area (Å²) >= 11 is 0. The average molecular weight is 313 g/mol. The number of hydrogen-bond acceptors (Lipinski definition) is 3. The number of unbranched alkanes of at least 4 members (excludes halogenated alkanes) is 6. The van der Waals surface area contributed by atoms with Crippen LogP contribution in [0.15, 0.2) is 36.4 Å². The van der Waals surface area contributed by atoms with E-state index in [0.29, 0.717) is 11.7 Å². The van der Waals surface area contributed by atoms with Gasteiger partial charge in [0.25, 0.3) is 0 Å². The van der Waals surface area contributed by atoms with Gasteiger partial charge in [-0.2, -0.15) is 0 Å². The highest BCUT2D eigenvalue weighted by Gasteiger charge is 1.99. The van der Waals surface area contributed by atoms with E-state index in [1.165, 1.54) is 32.1 Å². The van der Waals surface area contributed by atoms with Gasteiger partial charge in [0.2, 0.25) is 5.88 Å². The Morgan fingerprint density at radius 2 is 1.61 bits per heavy atom. The van der Waals surface area contributed by atoms with E-state index in [-0.39, 0.29) is 0 Å². The van der Waals surface area contributed by atoms with Crippen molar-refractivity contribution in [2.75, 3.05) is 6.61 Å². The summed E-state index contributed by atoms with van der Waals surface area (Å²) in [5.41, 5.74) is 0.982. The molecule has 0 saturated carbocycles. The highest BCUT2D eigenvalue weighted by molar-refractivity contribution is 5.78. The van der Waals surface area contributed by atoms with E-state index in [0.717, 1.165) is 36.8 Å². The van der Waals surface area contributed by atoms with Gasteiger partial charge in [0.15, 0.2) is 0 Å². The largest absolute Gasteiger partial charge is 0.478 e. The monoisotopic (exact) mass is 313 g/mol. The minimum atomic E-state index is 0.310. The number of ether oxygens (including phenoxy) is 1. The van der Waals surface area contributed by atoms with Crippen LogP contribution in [-0.4, -0.2) is 17.4 Å². The Bertz CT molecular complexity index is 609. The third kappa shape index (κ3) is 6.81. The molecule has 1 aromatic carbocycles. The molecule has 2 aromatic rings. The van der Waals surface area contributed by atoms with Crippen LogP contribution in [0.5, 0.6) is 5.88 Å². The molecule has 0 aliphatic rings. The predicted octanol–water partition coefficient (Wildman–Crippen LogP) is 5.32. The summed E-state index contributed by atoms with van der Waals surface area (Å²) in [6.07, 6.45) is 8.97. The van der Waals surface area contributed by atoms with Crippen LogP contribution in [0, 0.1) is 0 Å². The van der Waals surface area contributed by atoms with Crippen LogP contribution in [0.1, 0.15) is 58.3 Å². The topological polar surface area (TPSA) is 39.2 Å². The van der Waals surface area contributed by atoms with Gasteiger partial charge in [-0.25, -0.2) is 4.98 Å². The molecule has 0 bridgehead atoms. The molecule has 1 aromatic heterocycles. The van der Waals surface area contributed by atoms with E-state index in [2.05, 4.69) is 17.1 Å². The Kier molecular flexibility index (Phi) is 7.58. The van der Waals surface area contributed by atoms with Crippen molar-refractivity contribution in [3.63, 3.8) is 0 Å². The molecule has 23 heavy (non-hydrogen) atoms. The van der Waals surface area contributed by atoms with E-state index in [4.69, 9.17) is 4.74 Å². The number of rotatable bonds is 11. The van der Waals surface area contributed by atoms with Gasteiger partial charge in [0.05, 0.1) is 12.1 Å². The van der Waals surface area contributed by atoms with Gasteiger partial charge in [-0.15, -0.1) is 0 Å². The van der Waals surface area contributed by atoms with Gasteiger partial charge in [-0.1, -0.05) is 50.3 Å². The average Bonchev–Trinajstić information content (AvgIpc) is 2.56. The molecular formula is C20H27NO2. The van der Waals surface area contributed by atoms with Crippen LogP contribution < -0.4 is 4.74 Å². The Morgan fingerprint density at radius 1 is 0.913 bits per heavy atom. The van der Waals surface area contributed by atoms with Crippen molar-refractivity contribution in [1.29, 1.82) is 0 Å². The molecular weight excluding hydrogens is 286 g/mol. The molecule has 0 aliphatic heterocycles. The van der Waals surface area contributed by atoms with Crippen LogP contribution in [0.3, 0.4) is 0 Å². The standard InChI is InChI=1S/C20H27NO2/c1-17(22)11-7-5-3-2-4-6-10-16-23-20-15-14-18-12-8-9-13-19(18)21-20/h8-9,12-15H,2-7,10-11,16H2,1H3. The minimum absolute atomic E-state index is 0.310. The number of nitrogens with zero attached hydrogens (tertiary/aromatic N) is 1. The summed E-state index contributed by atoms with van der Waals surface area (Å²) in [4.78, 5) is 15.3. The molecule has 0 N–H and O–H groups in total. The number of carbonyl (C=O) groups excluding carboxylic acids is 1. The summed E-state index contributed by atoms with van der Waals surface area (Å²) < 4.78 is 5.74. The molecule has 0 spiro atoms. The van der Waals surface area contributed by atoms with E-state index in [1.54, 1.807) is 6.92 Å². The number of pyridine rings is 1. The van der Waals surface area contributed by atoms with Crippen molar-refractivity contribution in [1.82, 2.24) is 4.98 Å². The van der Waals surface area contributed by atoms with Gasteiger partial charge in [-0.3, -0.25) is 0 Å². The molecule has 124 valence electrons. The number of aromatic nitrogens is 1. The molecule has 1 heterocycles. The fourth-order valence-electron chi connectivity index (χ4n) is 2.66. The molecule has 0 aliphatic carbocycles. The van der Waals surface area contributed by atoms with Crippen molar-refractivity contribution in [2.45, 2.75) is 58.3 Å². The molecule has 0 saturated heterocycles. The summed E-state index contributed by atoms with van der Waals surface area (Å²) in [6, 6.07) is 12.1. The highest BCUT2D eigenvalue weighted by atomic mass is 16.5. The molecule has 3 nitrogen and oxygen atoms in total. The summed E-state index contributed by atoms with van der Waals surface area (Å²) in [5.74, 6) is 1.03. The third-order valence-corrected chi connectivity index (χ3v) is 4.00. The maximum atomic E-state index is 10.8. The Balaban J connectivity index is 1.52. The number of para-hydroxylation sites is 1. The predicted molar refractivity (Wildman–Crippen MR) is 94.9 cm³/mol. The number of hydrogen-bond donors (Lipinski definition) is 0. The van der Waals surface area contributed by atoms with Gasteiger partial charge in [-0.05, 0) is 31.9 Å². The van der Waals surface area contributed by atoms with Gasteiger partial charge < -0.3 is 9.53 Å². The second-order valence-corrected chi connectivity index (χ2v) is 6.12. The second kappa shape index (κ2) is 9.98. The third-order valence-electron chi connectivity index (χ3n) is 4.00. The van der Waals surface area contributed by atoms with Crippen LogP contribution in [0.2, 0.25) is 0 Å². The lowest BCUT2D eigenvalue weighted by Gasteiger charge is -2.06. The Morgan fingerprint density at radius 3 is 2.39 bits per heavy atom. The van der Waals surface area contributed by atoms with Gasteiger partial charge in [0.1, 0.15) is 5.78 Å². The van der Waals surface area contributed by atoms with Gasteiger partial charge >= 0.3 is 0 Å². The van der Waals surface area contributed by atoms with Crippen LogP contribution in [0.4, 0.5) is 0 Å². The number of carbonyl (C=O) groups is 1. The first-order valence-electron chi connectivity index (χ1n) is 8.74. The SMILES string of the molecule is CC(=O)CCCCCCCCCOc1ccc2ccccc2n1. The lowest BCUT2D eigenvalue weighted by Crippen LogP contribution is -1.99. The maximum absolute atomic E-state index is 10.8. The second-order valence-electron chi connectivity index (χ2n) is 6.12. The lowest BCUT2D eigenvalue weighted by molar-refractivity contribution is -0.117. The summed E-state index contributed by atoms with van der Waals surface area (Å²) in [7, 11) is 0. The lowest BCUT2D eigenvalue weighted by atomic mass is 10.1. The van der Waals surface area contributed by atoms with Crippen LogP contribution >= 0.6 is 0 Å². The number of fused-ring (bicyclic) bond motifs is 1. The first-order valence-corrected chi connectivity index (χ1v) is 8.74. The summed E-state index contributed by atoms with van der Waals surface area (Å²) in [6.45, 7) is 2.40. The summed E-state index contributed by atoms with van der Waals surface area (Å²) in [5, 5.41) is 1.14. The number of Topliss-reactive ketones (excluding diaryl/α,β-unsaturated/α-hetero) is 1. The highest BCUT2D eigenvalue weighted by Crippen LogP contribution is 2.16. The fraction of sp³-hybridized carbons (Fsp3) is 0.500. The van der Waals surface area contributed by atoms with Crippen molar-refractivity contribution < 1.29 is 9.53 Å². The molecule has 2 rings (SSSR count). The number of ketones is 1. The van der Waals surface area contributed by atoms with E-state index >= 15 is 0 Å². The molecule has 0 atom stereocenters. The first kappa shape index (κ1) is 17.5. The molecule has 0 fully saturated rings. The maximum Gasteiger partial charge on any atom is 0.213 e. The molecule has 0 radical (unpaired) electrons. The zero-order valence-electron chi connectivity index (χ0n) is 14.1. The Labute approximate surface area is 139 Å². The molecule has 0 amide bonds. The van der Waals surface area contributed by atoms with Crippen LogP contribution in [0.25, 0.3) is 10.9 Å². The van der Waals surface area contributed by atoms with E-state index in [1.807, 2.05) is 24.3 Å². The smallest absolute Gasteiger partial charge is 0.213 e. The molecule has 3 heteroatoms. The minimum Gasteiger partial charge on any atom is -0.478 e. The first-order chi connectivity index (χ1) is 11.3. The number of benzene rings is 1. The normalized spacial score (nSPS) is 10.8. The van der Waals surface area contributed by atoms with Crippen molar-refractivity contribution >= 4 is 16.7 Å². The Hall–Kier alpha value is -1.90.